The molecule has 0 radical (unpaired) electrons. The molecule has 16 heavy (non-hydrogen) atoms. The highest BCUT2D eigenvalue weighted by Crippen LogP contribution is 2.16. The van der Waals surface area contributed by atoms with Gasteiger partial charge in [-0.1, -0.05) is 22.0 Å². The number of benzene rings is 1. The molecule has 0 amide bonds. The predicted molar refractivity (Wildman–Crippen MR) is 66.7 cm³/mol. The molecule has 0 aliphatic carbocycles. The number of ether oxygens (including phenoxy) is 2. The second-order valence-corrected chi connectivity index (χ2v) is 4.16. The summed E-state index contributed by atoms with van der Waals surface area (Å²) in [5.74, 6) is 0.728. The first kappa shape index (κ1) is 13.2. The lowest BCUT2D eigenvalue weighted by Crippen LogP contribution is -2.23. The van der Waals surface area contributed by atoms with Gasteiger partial charge in [-0.25, -0.2) is 0 Å². The lowest BCUT2D eigenvalue weighted by atomic mass is 10.3. The van der Waals surface area contributed by atoms with Gasteiger partial charge in [0.05, 0.1) is 13.2 Å². The van der Waals surface area contributed by atoms with Gasteiger partial charge in [0.15, 0.2) is 0 Å². The zero-order valence-corrected chi connectivity index (χ0v) is 10.5. The summed E-state index contributed by atoms with van der Waals surface area (Å²) in [5.41, 5.74) is 0. The van der Waals surface area contributed by atoms with E-state index in [9.17, 15) is 5.11 Å². The van der Waals surface area contributed by atoms with Crippen molar-refractivity contribution in [3.63, 3.8) is 0 Å². The van der Waals surface area contributed by atoms with Gasteiger partial charge in [0.2, 0.25) is 0 Å². The minimum atomic E-state index is -0.622. The lowest BCUT2D eigenvalue weighted by molar-refractivity contribution is 0.0214. The minimum absolute atomic E-state index is 0.221. The molecule has 1 atom stereocenters. The predicted octanol–water partition coefficient (Wildman–Crippen LogP) is 2.39. The van der Waals surface area contributed by atoms with Crippen LogP contribution in [0.5, 0.6) is 5.75 Å². The molecule has 0 aliphatic heterocycles. The van der Waals surface area contributed by atoms with Gasteiger partial charge < -0.3 is 14.6 Å². The summed E-state index contributed by atoms with van der Waals surface area (Å²) in [6.45, 7) is 4.43. The van der Waals surface area contributed by atoms with Gasteiger partial charge in [-0.3, -0.25) is 0 Å². The number of aliphatic hydroxyl groups excluding tert-OH is 1. The minimum Gasteiger partial charge on any atom is -0.491 e. The Morgan fingerprint density at radius 1 is 1.31 bits per heavy atom. The molecule has 1 aromatic carbocycles. The highest BCUT2D eigenvalue weighted by atomic mass is 79.9. The van der Waals surface area contributed by atoms with E-state index in [2.05, 4.69) is 22.5 Å². The van der Waals surface area contributed by atoms with E-state index < -0.39 is 6.10 Å². The van der Waals surface area contributed by atoms with Crippen molar-refractivity contribution in [2.45, 2.75) is 6.10 Å². The molecule has 1 aromatic rings. The fourth-order valence-corrected chi connectivity index (χ4v) is 1.32. The third kappa shape index (κ3) is 5.30. The van der Waals surface area contributed by atoms with E-state index in [0.29, 0.717) is 6.61 Å². The summed E-state index contributed by atoms with van der Waals surface area (Å²) in [5, 5.41) is 9.50. The van der Waals surface area contributed by atoms with Crippen molar-refractivity contribution in [2.75, 3.05) is 19.8 Å². The first-order valence-electron chi connectivity index (χ1n) is 4.97. The van der Waals surface area contributed by atoms with Crippen molar-refractivity contribution in [1.29, 1.82) is 0 Å². The molecular formula is C12H15BrO3. The maximum atomic E-state index is 9.50. The Labute approximate surface area is 104 Å². The summed E-state index contributed by atoms with van der Waals surface area (Å²) in [4.78, 5) is 0. The largest absolute Gasteiger partial charge is 0.491 e. The molecule has 0 saturated heterocycles. The highest BCUT2D eigenvalue weighted by Gasteiger charge is 2.04. The van der Waals surface area contributed by atoms with Crippen LogP contribution in [0.3, 0.4) is 0 Å². The van der Waals surface area contributed by atoms with Crippen LogP contribution in [-0.4, -0.2) is 31.0 Å². The van der Waals surface area contributed by atoms with Crippen LogP contribution in [0.1, 0.15) is 0 Å². The summed E-state index contributed by atoms with van der Waals surface area (Å²) >= 11 is 3.33. The quantitative estimate of drug-likeness (QED) is 0.618. The fourth-order valence-electron chi connectivity index (χ4n) is 1.06. The third-order valence-electron chi connectivity index (χ3n) is 1.80. The monoisotopic (exact) mass is 286 g/mol. The standard InChI is InChI=1S/C12H15BrO3/c1-2-7-15-8-11(14)9-16-12-5-3-10(13)4-6-12/h2-6,11,14H,1,7-9H2/t11-/m0/s1. The second-order valence-electron chi connectivity index (χ2n) is 3.24. The van der Waals surface area contributed by atoms with Crippen molar-refractivity contribution in [3.05, 3.63) is 41.4 Å². The normalized spacial score (nSPS) is 12.1. The smallest absolute Gasteiger partial charge is 0.119 e. The van der Waals surface area contributed by atoms with Gasteiger partial charge in [0.25, 0.3) is 0 Å². The molecule has 0 aliphatic rings. The van der Waals surface area contributed by atoms with Gasteiger partial charge in [-0.05, 0) is 24.3 Å². The Morgan fingerprint density at radius 2 is 2.00 bits per heavy atom. The summed E-state index contributed by atoms with van der Waals surface area (Å²) in [6.07, 6.45) is 1.02. The van der Waals surface area contributed by atoms with Crippen LogP contribution in [0, 0.1) is 0 Å². The lowest BCUT2D eigenvalue weighted by Gasteiger charge is -2.12. The SMILES string of the molecule is C=CCOC[C@H](O)COc1ccc(Br)cc1. The topological polar surface area (TPSA) is 38.7 Å². The number of aliphatic hydroxyl groups is 1. The molecule has 0 spiro atoms. The van der Waals surface area contributed by atoms with Crippen LogP contribution in [0.4, 0.5) is 0 Å². The van der Waals surface area contributed by atoms with Crippen LogP contribution in [0.15, 0.2) is 41.4 Å². The zero-order valence-electron chi connectivity index (χ0n) is 8.93. The van der Waals surface area contributed by atoms with Crippen LogP contribution in [-0.2, 0) is 4.74 Å². The Morgan fingerprint density at radius 3 is 2.62 bits per heavy atom. The van der Waals surface area contributed by atoms with E-state index in [4.69, 9.17) is 9.47 Å². The van der Waals surface area contributed by atoms with Crippen LogP contribution < -0.4 is 4.74 Å². The summed E-state index contributed by atoms with van der Waals surface area (Å²) < 4.78 is 11.5. The van der Waals surface area contributed by atoms with Crippen LogP contribution in [0.2, 0.25) is 0 Å². The Bertz CT molecular complexity index is 311. The van der Waals surface area contributed by atoms with E-state index in [1.165, 1.54) is 0 Å². The van der Waals surface area contributed by atoms with Crippen molar-refractivity contribution >= 4 is 15.9 Å². The molecule has 0 aromatic heterocycles. The van der Waals surface area contributed by atoms with E-state index >= 15 is 0 Å². The van der Waals surface area contributed by atoms with Crippen LogP contribution in [0.25, 0.3) is 0 Å². The first-order chi connectivity index (χ1) is 7.72. The van der Waals surface area contributed by atoms with E-state index in [-0.39, 0.29) is 13.2 Å². The number of hydrogen-bond donors (Lipinski definition) is 1. The first-order valence-corrected chi connectivity index (χ1v) is 5.76. The van der Waals surface area contributed by atoms with Gasteiger partial charge in [-0.2, -0.15) is 0 Å². The van der Waals surface area contributed by atoms with Crippen molar-refractivity contribution in [1.82, 2.24) is 0 Å². The van der Waals surface area contributed by atoms with Crippen molar-refractivity contribution in [2.24, 2.45) is 0 Å². The molecule has 0 unspecified atom stereocenters. The highest BCUT2D eigenvalue weighted by molar-refractivity contribution is 9.10. The molecule has 1 N–H and O–H groups in total. The average molecular weight is 287 g/mol. The van der Waals surface area contributed by atoms with Gasteiger partial charge >= 0.3 is 0 Å². The number of halogens is 1. The molecular weight excluding hydrogens is 272 g/mol. The number of rotatable bonds is 7. The van der Waals surface area contributed by atoms with E-state index in [0.717, 1.165) is 10.2 Å². The fraction of sp³-hybridized carbons (Fsp3) is 0.333. The molecule has 0 heterocycles. The third-order valence-corrected chi connectivity index (χ3v) is 2.33. The van der Waals surface area contributed by atoms with E-state index in [1.54, 1.807) is 6.08 Å². The molecule has 4 heteroatoms. The maximum Gasteiger partial charge on any atom is 0.119 e. The van der Waals surface area contributed by atoms with Gasteiger partial charge in [0.1, 0.15) is 18.5 Å². The van der Waals surface area contributed by atoms with E-state index in [1.807, 2.05) is 24.3 Å². The van der Waals surface area contributed by atoms with Crippen molar-refractivity contribution < 1.29 is 14.6 Å². The maximum absolute atomic E-state index is 9.50. The zero-order chi connectivity index (χ0) is 11.8. The summed E-state index contributed by atoms with van der Waals surface area (Å²) in [7, 11) is 0. The molecule has 3 nitrogen and oxygen atoms in total. The number of hydrogen-bond acceptors (Lipinski definition) is 3. The van der Waals surface area contributed by atoms with Gasteiger partial charge in [0, 0.05) is 4.47 Å². The van der Waals surface area contributed by atoms with Crippen LogP contribution >= 0.6 is 15.9 Å². The molecule has 0 bridgehead atoms. The Balaban J connectivity index is 2.23. The second kappa shape index (κ2) is 7.44. The Hall–Kier alpha value is -0.840. The molecule has 0 saturated carbocycles. The molecule has 0 fully saturated rings. The molecule has 88 valence electrons. The van der Waals surface area contributed by atoms with Crippen molar-refractivity contribution in [3.8, 4) is 5.75 Å². The van der Waals surface area contributed by atoms with Gasteiger partial charge in [-0.15, -0.1) is 6.58 Å². The Kier molecular flexibility index (Phi) is 6.15. The average Bonchev–Trinajstić information content (AvgIpc) is 2.29. The summed E-state index contributed by atoms with van der Waals surface area (Å²) in [6, 6.07) is 7.44. The molecule has 1 rings (SSSR count).